The van der Waals surface area contributed by atoms with Gasteiger partial charge in [0.05, 0.1) is 11.8 Å². The summed E-state index contributed by atoms with van der Waals surface area (Å²) in [6.45, 7) is 4.65. The average Bonchev–Trinajstić information content (AvgIpc) is 3.09. The van der Waals surface area contributed by atoms with Crippen LogP contribution in [-0.4, -0.2) is 27.8 Å². The quantitative estimate of drug-likeness (QED) is 0.803. The highest BCUT2D eigenvalue weighted by Gasteiger charge is 2.15. The van der Waals surface area contributed by atoms with Crippen LogP contribution in [0.4, 0.5) is 5.13 Å². The minimum atomic E-state index is -0.256. The molecule has 0 aliphatic rings. The summed E-state index contributed by atoms with van der Waals surface area (Å²) in [5.74, 6) is 0.439. The maximum atomic E-state index is 12.3. The average molecular weight is 316 g/mol. The number of anilines is 1. The van der Waals surface area contributed by atoms with E-state index in [4.69, 9.17) is 4.74 Å². The normalized spacial score (nSPS) is 10.9. The fourth-order valence-electron chi connectivity index (χ4n) is 2.24. The molecule has 2 aromatic heterocycles. The molecule has 1 N–H and O–H groups in total. The fourth-order valence-corrected chi connectivity index (χ4v) is 3.12. The Kier molecular flexibility index (Phi) is 3.81. The molecule has 0 aliphatic carbocycles. The number of thiazole rings is 1. The first-order valence-corrected chi connectivity index (χ1v) is 7.73. The third-order valence-corrected chi connectivity index (χ3v) is 4.27. The van der Waals surface area contributed by atoms with E-state index in [-0.39, 0.29) is 5.91 Å². The van der Waals surface area contributed by atoms with Gasteiger partial charge in [-0.3, -0.25) is 14.8 Å². The Morgan fingerprint density at radius 2 is 2.27 bits per heavy atom. The molecule has 3 aromatic rings. The molecule has 1 aromatic carbocycles. The van der Waals surface area contributed by atoms with E-state index in [1.807, 2.05) is 32.0 Å². The summed E-state index contributed by atoms with van der Waals surface area (Å²) < 4.78 is 8.03. The second-order valence-corrected chi connectivity index (χ2v) is 5.80. The molecule has 0 saturated carbocycles. The van der Waals surface area contributed by atoms with E-state index in [1.54, 1.807) is 17.9 Å². The first-order chi connectivity index (χ1) is 10.6. The summed E-state index contributed by atoms with van der Waals surface area (Å²) in [7, 11) is 1.60. The number of nitrogens with one attached hydrogen (secondary N) is 1. The smallest absolute Gasteiger partial charge is 0.277 e. The molecule has 22 heavy (non-hydrogen) atoms. The summed E-state index contributed by atoms with van der Waals surface area (Å²) in [6.07, 6.45) is 0. The molecule has 0 fully saturated rings. The van der Waals surface area contributed by atoms with Crippen LogP contribution in [0.2, 0.25) is 0 Å². The highest BCUT2D eigenvalue weighted by atomic mass is 32.1. The van der Waals surface area contributed by atoms with E-state index in [1.165, 1.54) is 11.3 Å². The lowest BCUT2D eigenvalue weighted by Crippen LogP contribution is -2.13. The summed E-state index contributed by atoms with van der Waals surface area (Å²) >= 11 is 1.41. The van der Waals surface area contributed by atoms with E-state index < -0.39 is 0 Å². The second kappa shape index (κ2) is 5.76. The molecule has 0 radical (unpaired) electrons. The molecule has 3 rings (SSSR count). The number of para-hydroxylation sites is 1. The molecule has 7 heteroatoms. The van der Waals surface area contributed by atoms with Crippen molar-refractivity contribution in [3.8, 4) is 5.75 Å². The van der Waals surface area contributed by atoms with Gasteiger partial charge in [0, 0.05) is 12.2 Å². The van der Waals surface area contributed by atoms with Crippen LogP contribution in [-0.2, 0) is 6.54 Å². The molecule has 1 amide bonds. The first-order valence-electron chi connectivity index (χ1n) is 6.91. The van der Waals surface area contributed by atoms with Gasteiger partial charge < -0.3 is 4.74 Å². The van der Waals surface area contributed by atoms with Crippen LogP contribution in [0.3, 0.4) is 0 Å². The van der Waals surface area contributed by atoms with Crippen molar-refractivity contribution in [2.75, 3.05) is 12.4 Å². The van der Waals surface area contributed by atoms with Crippen molar-refractivity contribution in [3.63, 3.8) is 0 Å². The van der Waals surface area contributed by atoms with Gasteiger partial charge in [-0.25, -0.2) is 4.98 Å². The van der Waals surface area contributed by atoms with E-state index in [0.717, 1.165) is 22.5 Å². The number of rotatable bonds is 4. The van der Waals surface area contributed by atoms with Gasteiger partial charge in [0.1, 0.15) is 11.3 Å². The highest BCUT2D eigenvalue weighted by Crippen LogP contribution is 2.32. The van der Waals surface area contributed by atoms with Gasteiger partial charge >= 0.3 is 0 Å². The molecule has 0 unspecified atom stereocenters. The standard InChI is InChI=1S/C15H16N4O2S/c1-4-19-9(2)8-10(18-19)14(20)17-15-16-13-11(21-3)6-5-7-12(13)22-15/h5-8H,4H2,1-3H3,(H,16,17,20). The fraction of sp³-hybridized carbons (Fsp3) is 0.267. The summed E-state index contributed by atoms with van der Waals surface area (Å²) in [6, 6.07) is 7.46. The Morgan fingerprint density at radius 1 is 1.45 bits per heavy atom. The minimum Gasteiger partial charge on any atom is -0.494 e. The maximum Gasteiger partial charge on any atom is 0.277 e. The van der Waals surface area contributed by atoms with Gasteiger partial charge in [-0.05, 0) is 32.0 Å². The van der Waals surface area contributed by atoms with E-state index in [9.17, 15) is 4.79 Å². The van der Waals surface area contributed by atoms with Crippen molar-refractivity contribution in [1.82, 2.24) is 14.8 Å². The highest BCUT2D eigenvalue weighted by molar-refractivity contribution is 7.22. The zero-order valence-corrected chi connectivity index (χ0v) is 13.4. The molecule has 6 nitrogen and oxygen atoms in total. The number of methoxy groups -OCH3 is 1. The predicted octanol–water partition coefficient (Wildman–Crippen LogP) is 3.08. The van der Waals surface area contributed by atoms with Crippen LogP contribution >= 0.6 is 11.3 Å². The number of amides is 1. The van der Waals surface area contributed by atoms with Crippen molar-refractivity contribution in [2.45, 2.75) is 20.4 Å². The number of benzene rings is 1. The number of ether oxygens (including phenoxy) is 1. The monoisotopic (exact) mass is 316 g/mol. The lowest BCUT2D eigenvalue weighted by atomic mass is 10.3. The third kappa shape index (κ3) is 2.55. The number of carbonyl (C=O) groups excluding carboxylic acids is 1. The van der Waals surface area contributed by atoms with Crippen molar-refractivity contribution in [3.05, 3.63) is 35.7 Å². The number of hydrogen-bond donors (Lipinski definition) is 1. The Hall–Kier alpha value is -2.41. The van der Waals surface area contributed by atoms with Crippen LogP contribution in [0.5, 0.6) is 5.75 Å². The lowest BCUT2D eigenvalue weighted by Gasteiger charge is -1.99. The van der Waals surface area contributed by atoms with Gasteiger partial charge in [-0.1, -0.05) is 17.4 Å². The van der Waals surface area contributed by atoms with Crippen LogP contribution in [0.15, 0.2) is 24.3 Å². The lowest BCUT2D eigenvalue weighted by molar-refractivity contribution is 0.102. The van der Waals surface area contributed by atoms with Gasteiger partial charge in [0.15, 0.2) is 10.8 Å². The zero-order chi connectivity index (χ0) is 15.7. The van der Waals surface area contributed by atoms with E-state index in [0.29, 0.717) is 16.6 Å². The minimum absolute atomic E-state index is 0.256. The molecule has 0 spiro atoms. The molecule has 0 aliphatic heterocycles. The van der Waals surface area contributed by atoms with Gasteiger partial charge in [-0.2, -0.15) is 5.10 Å². The second-order valence-electron chi connectivity index (χ2n) is 4.77. The largest absolute Gasteiger partial charge is 0.494 e. The Balaban J connectivity index is 1.87. The molecule has 0 bridgehead atoms. The van der Waals surface area contributed by atoms with Crippen LogP contribution < -0.4 is 10.1 Å². The number of aromatic nitrogens is 3. The molecule has 0 atom stereocenters. The Bertz CT molecular complexity index is 837. The molecule has 0 saturated heterocycles. The summed E-state index contributed by atoms with van der Waals surface area (Å²) in [5, 5.41) is 7.60. The molecule has 2 heterocycles. The van der Waals surface area contributed by atoms with Gasteiger partial charge in [-0.15, -0.1) is 0 Å². The number of nitrogens with zero attached hydrogens (tertiary/aromatic N) is 3. The molecule has 114 valence electrons. The van der Waals surface area contributed by atoms with Gasteiger partial charge in [0.2, 0.25) is 0 Å². The number of hydrogen-bond acceptors (Lipinski definition) is 5. The van der Waals surface area contributed by atoms with Crippen molar-refractivity contribution in [2.24, 2.45) is 0 Å². The van der Waals surface area contributed by atoms with E-state index in [2.05, 4.69) is 15.4 Å². The van der Waals surface area contributed by atoms with Crippen molar-refractivity contribution < 1.29 is 9.53 Å². The topological polar surface area (TPSA) is 69.0 Å². The van der Waals surface area contributed by atoms with Crippen molar-refractivity contribution in [1.29, 1.82) is 0 Å². The first kappa shape index (κ1) is 14.5. The van der Waals surface area contributed by atoms with Crippen molar-refractivity contribution >= 4 is 32.6 Å². The number of fused-ring (bicyclic) bond motifs is 1. The molecular weight excluding hydrogens is 300 g/mol. The van der Waals surface area contributed by atoms with Crippen LogP contribution in [0, 0.1) is 6.92 Å². The zero-order valence-electron chi connectivity index (χ0n) is 12.6. The van der Waals surface area contributed by atoms with Crippen LogP contribution in [0.25, 0.3) is 10.2 Å². The third-order valence-electron chi connectivity index (χ3n) is 3.34. The number of aryl methyl sites for hydroxylation is 2. The Labute approximate surface area is 131 Å². The Morgan fingerprint density at radius 3 is 2.95 bits per heavy atom. The maximum absolute atomic E-state index is 12.3. The summed E-state index contributed by atoms with van der Waals surface area (Å²) in [4.78, 5) is 16.7. The SMILES string of the molecule is CCn1nc(C(=O)Nc2nc3c(OC)cccc3s2)cc1C. The summed E-state index contributed by atoms with van der Waals surface area (Å²) in [5.41, 5.74) is 2.10. The number of carbonyl (C=O) groups is 1. The predicted molar refractivity (Wildman–Crippen MR) is 86.8 cm³/mol. The van der Waals surface area contributed by atoms with Gasteiger partial charge in [0.25, 0.3) is 5.91 Å². The van der Waals surface area contributed by atoms with E-state index >= 15 is 0 Å². The van der Waals surface area contributed by atoms with Crippen LogP contribution in [0.1, 0.15) is 23.1 Å². The molecular formula is C15H16N4O2S.